The molecule has 1 saturated heterocycles. The lowest BCUT2D eigenvalue weighted by atomic mass is 10.2. The Balaban J connectivity index is 1.35. The van der Waals surface area contributed by atoms with E-state index in [1.165, 1.54) is 12.0 Å². The number of nitrogens with one attached hydrogen (secondary N) is 1. The highest BCUT2D eigenvalue weighted by atomic mass is 16.5. The molecule has 0 spiro atoms. The maximum Gasteiger partial charge on any atom is 0.270 e. The molecule has 1 amide bonds. The second-order valence-corrected chi connectivity index (χ2v) is 6.70. The van der Waals surface area contributed by atoms with Gasteiger partial charge in [-0.15, -0.1) is 0 Å². The predicted octanol–water partition coefficient (Wildman–Crippen LogP) is 2.33. The first-order valence-electron chi connectivity index (χ1n) is 9.49. The molecule has 0 bridgehead atoms. The van der Waals surface area contributed by atoms with Gasteiger partial charge in [0.1, 0.15) is 29.3 Å². The Labute approximate surface area is 169 Å². The maximum atomic E-state index is 12.4. The van der Waals surface area contributed by atoms with E-state index >= 15 is 0 Å². The third kappa shape index (κ3) is 4.48. The van der Waals surface area contributed by atoms with Crippen LogP contribution in [0.15, 0.2) is 59.5 Å². The molecule has 1 fully saturated rings. The van der Waals surface area contributed by atoms with Crippen LogP contribution >= 0.6 is 0 Å². The van der Waals surface area contributed by atoms with Gasteiger partial charge in [0.05, 0.1) is 19.9 Å². The molecule has 8 heteroatoms. The molecule has 4 rings (SSSR count). The molecular formula is C21H23N5O3. The van der Waals surface area contributed by atoms with Crippen molar-refractivity contribution in [2.24, 2.45) is 0 Å². The van der Waals surface area contributed by atoms with E-state index in [1.54, 1.807) is 25.5 Å². The Morgan fingerprint density at radius 1 is 1.10 bits per heavy atom. The van der Waals surface area contributed by atoms with Gasteiger partial charge in [0, 0.05) is 37.9 Å². The number of piperazine rings is 1. The van der Waals surface area contributed by atoms with Gasteiger partial charge in [0.2, 0.25) is 0 Å². The lowest BCUT2D eigenvalue weighted by Gasteiger charge is -2.36. The fraction of sp³-hybridized carbons (Fsp3) is 0.286. The Hall–Kier alpha value is -3.55. The van der Waals surface area contributed by atoms with Crippen molar-refractivity contribution in [3.05, 3.63) is 66.5 Å². The number of hydrogen-bond acceptors (Lipinski definition) is 7. The second kappa shape index (κ2) is 8.64. The lowest BCUT2D eigenvalue weighted by Crippen LogP contribution is -2.47. The number of amides is 1. The van der Waals surface area contributed by atoms with Gasteiger partial charge in [-0.2, -0.15) is 0 Å². The number of carbonyl (C=O) groups is 1. The predicted molar refractivity (Wildman–Crippen MR) is 109 cm³/mol. The largest absolute Gasteiger partial charge is 0.497 e. The van der Waals surface area contributed by atoms with Gasteiger partial charge >= 0.3 is 0 Å². The lowest BCUT2D eigenvalue weighted by molar-refractivity contribution is 0.0943. The van der Waals surface area contributed by atoms with E-state index in [-0.39, 0.29) is 5.91 Å². The fourth-order valence-electron chi connectivity index (χ4n) is 3.30. The standard InChI is InChI=1S/C21H23N5O3/c1-28-17-6-4-16(5-7-17)25-8-10-26(11-9-25)20-13-19(23-15-24-20)21(27)22-14-18-3-2-12-29-18/h2-7,12-13,15H,8-11,14H2,1H3,(H,22,27). The molecule has 0 saturated carbocycles. The third-order valence-corrected chi connectivity index (χ3v) is 4.93. The number of furan rings is 1. The van der Waals surface area contributed by atoms with Crippen LogP contribution in [-0.4, -0.2) is 49.2 Å². The maximum absolute atomic E-state index is 12.4. The fourth-order valence-corrected chi connectivity index (χ4v) is 3.30. The second-order valence-electron chi connectivity index (χ2n) is 6.70. The number of ether oxygens (including phenoxy) is 1. The number of anilines is 2. The van der Waals surface area contributed by atoms with Crippen LogP contribution in [0.3, 0.4) is 0 Å². The van der Waals surface area contributed by atoms with Crippen LogP contribution in [0.5, 0.6) is 5.75 Å². The zero-order chi connectivity index (χ0) is 20.1. The van der Waals surface area contributed by atoms with Gasteiger partial charge in [-0.1, -0.05) is 0 Å². The van der Waals surface area contributed by atoms with Crippen LogP contribution in [0.4, 0.5) is 11.5 Å². The van der Waals surface area contributed by atoms with Crippen molar-refractivity contribution in [2.75, 3.05) is 43.1 Å². The van der Waals surface area contributed by atoms with E-state index in [1.807, 2.05) is 18.2 Å². The average Bonchev–Trinajstić information content (AvgIpc) is 3.31. The van der Waals surface area contributed by atoms with Crippen molar-refractivity contribution in [1.82, 2.24) is 15.3 Å². The summed E-state index contributed by atoms with van der Waals surface area (Å²) in [7, 11) is 1.67. The summed E-state index contributed by atoms with van der Waals surface area (Å²) in [6, 6.07) is 13.4. The summed E-state index contributed by atoms with van der Waals surface area (Å²) in [5.41, 5.74) is 1.52. The topological polar surface area (TPSA) is 83.7 Å². The number of nitrogens with zero attached hydrogens (tertiary/aromatic N) is 4. The molecule has 0 unspecified atom stereocenters. The van der Waals surface area contributed by atoms with Crippen LogP contribution in [0, 0.1) is 0 Å². The number of methoxy groups -OCH3 is 1. The highest BCUT2D eigenvalue weighted by molar-refractivity contribution is 5.92. The Bertz CT molecular complexity index is 935. The van der Waals surface area contributed by atoms with Gasteiger partial charge in [-0.3, -0.25) is 4.79 Å². The summed E-state index contributed by atoms with van der Waals surface area (Å²) in [4.78, 5) is 25.4. The molecule has 1 aliphatic heterocycles. The zero-order valence-corrected chi connectivity index (χ0v) is 16.2. The minimum atomic E-state index is -0.248. The molecule has 1 aliphatic rings. The molecular weight excluding hydrogens is 370 g/mol. The van der Waals surface area contributed by atoms with Crippen LogP contribution in [0.25, 0.3) is 0 Å². The monoisotopic (exact) mass is 393 g/mol. The normalized spacial score (nSPS) is 14.0. The highest BCUT2D eigenvalue weighted by Crippen LogP contribution is 2.22. The van der Waals surface area contributed by atoms with E-state index in [0.717, 1.165) is 37.7 Å². The number of carbonyl (C=O) groups excluding carboxylic acids is 1. The first-order chi connectivity index (χ1) is 14.2. The molecule has 1 aromatic carbocycles. The quantitative estimate of drug-likeness (QED) is 0.688. The molecule has 1 N–H and O–H groups in total. The van der Waals surface area contributed by atoms with Crippen molar-refractivity contribution < 1.29 is 13.9 Å². The summed E-state index contributed by atoms with van der Waals surface area (Å²) in [6.07, 6.45) is 3.02. The molecule has 0 atom stereocenters. The van der Waals surface area contributed by atoms with Crippen LogP contribution in [0.1, 0.15) is 16.2 Å². The highest BCUT2D eigenvalue weighted by Gasteiger charge is 2.20. The molecule has 8 nitrogen and oxygen atoms in total. The van der Waals surface area contributed by atoms with Crippen molar-refractivity contribution in [2.45, 2.75) is 6.54 Å². The first-order valence-corrected chi connectivity index (χ1v) is 9.49. The van der Waals surface area contributed by atoms with E-state index in [2.05, 4.69) is 37.2 Å². The van der Waals surface area contributed by atoms with Crippen molar-refractivity contribution >= 4 is 17.4 Å². The Kier molecular flexibility index (Phi) is 5.60. The first kappa shape index (κ1) is 18.8. The van der Waals surface area contributed by atoms with Crippen molar-refractivity contribution in [1.29, 1.82) is 0 Å². The summed E-state index contributed by atoms with van der Waals surface area (Å²) in [5.74, 6) is 2.06. The number of hydrogen-bond donors (Lipinski definition) is 1. The van der Waals surface area contributed by atoms with E-state index in [4.69, 9.17) is 9.15 Å². The molecule has 0 radical (unpaired) electrons. The van der Waals surface area contributed by atoms with Crippen molar-refractivity contribution in [3.8, 4) is 5.75 Å². The van der Waals surface area contributed by atoms with E-state index in [9.17, 15) is 4.79 Å². The number of aromatic nitrogens is 2. The summed E-state index contributed by atoms with van der Waals surface area (Å²) < 4.78 is 10.5. The van der Waals surface area contributed by atoms with Crippen LogP contribution in [-0.2, 0) is 6.54 Å². The Morgan fingerprint density at radius 3 is 2.55 bits per heavy atom. The average molecular weight is 393 g/mol. The minimum Gasteiger partial charge on any atom is -0.497 e. The van der Waals surface area contributed by atoms with Crippen LogP contribution < -0.4 is 19.9 Å². The molecule has 2 aromatic heterocycles. The Morgan fingerprint density at radius 2 is 1.86 bits per heavy atom. The van der Waals surface area contributed by atoms with Gasteiger partial charge in [0.25, 0.3) is 5.91 Å². The SMILES string of the molecule is COc1ccc(N2CCN(c3cc(C(=O)NCc4ccco4)ncn3)CC2)cc1. The van der Waals surface area contributed by atoms with E-state index < -0.39 is 0 Å². The molecule has 3 heterocycles. The number of rotatable bonds is 6. The molecule has 150 valence electrons. The van der Waals surface area contributed by atoms with Gasteiger partial charge in [-0.05, 0) is 36.4 Å². The minimum absolute atomic E-state index is 0.248. The van der Waals surface area contributed by atoms with Gasteiger partial charge in [-0.25, -0.2) is 9.97 Å². The molecule has 3 aromatic rings. The van der Waals surface area contributed by atoms with Crippen molar-refractivity contribution in [3.63, 3.8) is 0 Å². The van der Waals surface area contributed by atoms with Gasteiger partial charge in [0.15, 0.2) is 0 Å². The zero-order valence-electron chi connectivity index (χ0n) is 16.2. The van der Waals surface area contributed by atoms with Gasteiger partial charge < -0.3 is 24.3 Å². The summed E-state index contributed by atoms with van der Waals surface area (Å²) >= 11 is 0. The molecule has 0 aliphatic carbocycles. The summed E-state index contributed by atoms with van der Waals surface area (Å²) in [6.45, 7) is 3.70. The third-order valence-electron chi connectivity index (χ3n) is 4.93. The number of benzene rings is 1. The van der Waals surface area contributed by atoms with E-state index in [0.29, 0.717) is 18.0 Å². The smallest absolute Gasteiger partial charge is 0.270 e. The summed E-state index contributed by atoms with van der Waals surface area (Å²) in [5, 5.41) is 2.81. The van der Waals surface area contributed by atoms with Crippen LogP contribution in [0.2, 0.25) is 0 Å². The molecule has 29 heavy (non-hydrogen) atoms.